The molecule has 1 amide bonds. The molecule has 2 aromatic carbocycles. The molecule has 0 unspecified atom stereocenters. The van der Waals surface area contributed by atoms with E-state index in [0.29, 0.717) is 22.6 Å². The van der Waals surface area contributed by atoms with Gasteiger partial charge in [0, 0.05) is 11.3 Å². The smallest absolute Gasteiger partial charge is 0.261 e. The molecule has 3 aromatic rings. The largest absolute Gasteiger partial charge is 0.360 e. The third kappa shape index (κ3) is 3.31. The Morgan fingerprint density at radius 3 is 2.40 bits per heavy atom. The number of carbonyl (C=O) groups excluding carboxylic acids is 1. The van der Waals surface area contributed by atoms with Gasteiger partial charge in [-0.3, -0.25) is 4.79 Å². The van der Waals surface area contributed by atoms with Gasteiger partial charge in [-0.1, -0.05) is 35.0 Å². The van der Waals surface area contributed by atoms with Crippen LogP contribution in [0.5, 0.6) is 0 Å². The summed E-state index contributed by atoms with van der Waals surface area (Å²) in [4.78, 5) is 12.9. The van der Waals surface area contributed by atoms with Gasteiger partial charge in [-0.15, -0.1) is 0 Å². The number of benzene rings is 2. The van der Waals surface area contributed by atoms with Crippen LogP contribution >= 0.6 is 0 Å². The molecule has 3 rings (SSSR count). The second-order valence-corrected chi connectivity index (χ2v) is 6.20. The first-order valence-corrected chi connectivity index (χ1v) is 7.98. The number of anilines is 1. The highest BCUT2D eigenvalue weighted by atomic mass is 19.1. The molecule has 4 nitrogen and oxygen atoms in total. The molecule has 0 radical (unpaired) electrons. The Morgan fingerprint density at radius 2 is 1.76 bits per heavy atom. The summed E-state index contributed by atoms with van der Waals surface area (Å²) in [5, 5.41) is 6.89. The molecule has 0 atom stereocenters. The molecule has 0 spiro atoms. The predicted molar refractivity (Wildman–Crippen MR) is 95.2 cm³/mol. The van der Waals surface area contributed by atoms with Crippen LogP contribution in [0.4, 0.5) is 10.1 Å². The summed E-state index contributed by atoms with van der Waals surface area (Å²) in [6, 6.07) is 9.96. The molecule has 5 heteroatoms. The van der Waals surface area contributed by atoms with E-state index in [0.717, 1.165) is 22.4 Å². The van der Waals surface area contributed by atoms with Crippen molar-refractivity contribution in [3.05, 3.63) is 70.2 Å². The molecule has 128 valence electrons. The highest BCUT2D eigenvalue weighted by Gasteiger charge is 2.23. The Labute approximate surface area is 145 Å². The standard InChI is InChI=1S/C20H19FN2O2/c1-11-8-12(2)18(13(3)9-11)22-20(24)17-14(4)25-23-19(17)15-6-5-7-16(21)10-15/h5-10H,1-4H3,(H,22,24). The van der Waals surface area contributed by atoms with E-state index in [1.807, 2.05) is 32.9 Å². The van der Waals surface area contributed by atoms with Gasteiger partial charge in [-0.25, -0.2) is 4.39 Å². The molecule has 25 heavy (non-hydrogen) atoms. The summed E-state index contributed by atoms with van der Waals surface area (Å²) in [6.07, 6.45) is 0. The number of hydrogen-bond acceptors (Lipinski definition) is 3. The zero-order valence-corrected chi connectivity index (χ0v) is 14.6. The van der Waals surface area contributed by atoms with Crippen LogP contribution < -0.4 is 5.32 Å². The van der Waals surface area contributed by atoms with Gasteiger partial charge in [0.15, 0.2) is 0 Å². The van der Waals surface area contributed by atoms with E-state index in [2.05, 4.69) is 10.5 Å². The normalized spacial score (nSPS) is 10.8. The number of aromatic nitrogens is 1. The van der Waals surface area contributed by atoms with Crippen molar-refractivity contribution < 1.29 is 13.7 Å². The first-order chi connectivity index (χ1) is 11.9. The first kappa shape index (κ1) is 16.9. The van der Waals surface area contributed by atoms with Gasteiger partial charge in [-0.2, -0.15) is 0 Å². The van der Waals surface area contributed by atoms with E-state index in [9.17, 15) is 9.18 Å². The van der Waals surface area contributed by atoms with E-state index in [4.69, 9.17) is 4.52 Å². The van der Waals surface area contributed by atoms with Gasteiger partial charge in [-0.05, 0) is 51.0 Å². The van der Waals surface area contributed by atoms with Gasteiger partial charge < -0.3 is 9.84 Å². The number of hydrogen-bond donors (Lipinski definition) is 1. The summed E-state index contributed by atoms with van der Waals surface area (Å²) in [5.74, 6) is -0.332. The van der Waals surface area contributed by atoms with Crippen LogP contribution in [-0.4, -0.2) is 11.1 Å². The molecule has 1 N–H and O–H groups in total. The number of nitrogens with one attached hydrogen (secondary N) is 1. The van der Waals surface area contributed by atoms with E-state index < -0.39 is 5.82 Å². The van der Waals surface area contributed by atoms with Crippen LogP contribution in [-0.2, 0) is 0 Å². The molecule has 1 heterocycles. The second kappa shape index (κ2) is 6.51. The first-order valence-electron chi connectivity index (χ1n) is 7.98. The Bertz CT molecular complexity index is 937. The fourth-order valence-corrected chi connectivity index (χ4v) is 3.03. The third-order valence-corrected chi connectivity index (χ3v) is 4.10. The maximum absolute atomic E-state index is 13.5. The number of nitrogens with zero attached hydrogens (tertiary/aromatic N) is 1. The number of aryl methyl sites for hydroxylation is 4. The Kier molecular flexibility index (Phi) is 4.40. The van der Waals surface area contributed by atoms with Crippen molar-refractivity contribution >= 4 is 11.6 Å². The number of rotatable bonds is 3. The average Bonchev–Trinajstić information content (AvgIpc) is 2.92. The minimum absolute atomic E-state index is 0.310. The molecule has 0 saturated heterocycles. The molecule has 0 aliphatic rings. The minimum atomic E-state index is -0.394. The maximum atomic E-state index is 13.5. The van der Waals surface area contributed by atoms with Gasteiger partial charge in [0.2, 0.25) is 0 Å². The van der Waals surface area contributed by atoms with Gasteiger partial charge >= 0.3 is 0 Å². The molecule has 0 fully saturated rings. The van der Waals surface area contributed by atoms with Crippen LogP contribution in [0.2, 0.25) is 0 Å². The minimum Gasteiger partial charge on any atom is -0.360 e. The van der Waals surface area contributed by atoms with Crippen molar-refractivity contribution in [1.82, 2.24) is 5.16 Å². The summed E-state index contributed by atoms with van der Waals surface area (Å²) in [7, 11) is 0. The van der Waals surface area contributed by atoms with E-state index in [1.165, 1.54) is 12.1 Å². The molecule has 0 aliphatic carbocycles. The quantitative estimate of drug-likeness (QED) is 0.734. The third-order valence-electron chi connectivity index (χ3n) is 4.10. The van der Waals surface area contributed by atoms with Crippen LogP contribution in [0, 0.1) is 33.5 Å². The summed E-state index contributed by atoms with van der Waals surface area (Å²) < 4.78 is 18.7. The SMILES string of the molecule is Cc1cc(C)c(NC(=O)c2c(-c3cccc(F)c3)noc2C)c(C)c1. The van der Waals surface area contributed by atoms with Crippen molar-refractivity contribution in [2.24, 2.45) is 0 Å². The highest BCUT2D eigenvalue weighted by Crippen LogP contribution is 2.28. The lowest BCUT2D eigenvalue weighted by Crippen LogP contribution is -2.15. The lowest BCUT2D eigenvalue weighted by Gasteiger charge is -2.13. The fraction of sp³-hybridized carbons (Fsp3) is 0.200. The molecule has 0 bridgehead atoms. The number of halogens is 1. The zero-order valence-electron chi connectivity index (χ0n) is 14.6. The van der Waals surface area contributed by atoms with Crippen molar-refractivity contribution in [2.45, 2.75) is 27.7 Å². The van der Waals surface area contributed by atoms with E-state index in [1.54, 1.807) is 19.1 Å². The number of amides is 1. The summed E-state index contributed by atoms with van der Waals surface area (Å²) in [6.45, 7) is 7.57. The summed E-state index contributed by atoms with van der Waals surface area (Å²) in [5.41, 5.74) is 5.00. The average molecular weight is 338 g/mol. The second-order valence-electron chi connectivity index (χ2n) is 6.20. The van der Waals surface area contributed by atoms with Gasteiger partial charge in [0.05, 0.1) is 0 Å². The Balaban J connectivity index is 2.01. The van der Waals surface area contributed by atoms with Crippen LogP contribution in [0.25, 0.3) is 11.3 Å². The lowest BCUT2D eigenvalue weighted by atomic mass is 10.0. The van der Waals surface area contributed by atoms with Gasteiger partial charge in [0.1, 0.15) is 22.8 Å². The zero-order chi connectivity index (χ0) is 18.1. The molecule has 0 saturated carbocycles. The molecular weight excluding hydrogens is 319 g/mol. The van der Waals surface area contributed by atoms with Gasteiger partial charge in [0.25, 0.3) is 5.91 Å². The van der Waals surface area contributed by atoms with E-state index >= 15 is 0 Å². The van der Waals surface area contributed by atoms with E-state index in [-0.39, 0.29) is 5.91 Å². The lowest BCUT2D eigenvalue weighted by molar-refractivity contribution is 0.102. The topological polar surface area (TPSA) is 55.1 Å². The monoisotopic (exact) mass is 338 g/mol. The Hall–Kier alpha value is -2.95. The van der Waals surface area contributed by atoms with Crippen LogP contribution in [0.3, 0.4) is 0 Å². The maximum Gasteiger partial charge on any atom is 0.261 e. The summed E-state index contributed by atoms with van der Waals surface area (Å²) >= 11 is 0. The van der Waals surface area contributed by atoms with Crippen molar-refractivity contribution in [3.63, 3.8) is 0 Å². The van der Waals surface area contributed by atoms with Crippen molar-refractivity contribution in [1.29, 1.82) is 0 Å². The predicted octanol–water partition coefficient (Wildman–Crippen LogP) is 4.97. The van der Waals surface area contributed by atoms with Crippen LogP contribution in [0.15, 0.2) is 40.9 Å². The van der Waals surface area contributed by atoms with Crippen molar-refractivity contribution in [3.8, 4) is 11.3 Å². The fourth-order valence-electron chi connectivity index (χ4n) is 3.03. The van der Waals surface area contributed by atoms with Crippen LogP contribution in [0.1, 0.15) is 32.8 Å². The number of carbonyl (C=O) groups is 1. The highest BCUT2D eigenvalue weighted by molar-refractivity contribution is 6.09. The molecule has 1 aromatic heterocycles. The molecular formula is C20H19FN2O2. The molecule has 0 aliphatic heterocycles. The van der Waals surface area contributed by atoms with Crippen molar-refractivity contribution in [2.75, 3.05) is 5.32 Å². The Morgan fingerprint density at radius 1 is 1.08 bits per heavy atom.